The van der Waals surface area contributed by atoms with Gasteiger partial charge < -0.3 is 15.2 Å². The number of methoxy groups -OCH3 is 1. The summed E-state index contributed by atoms with van der Waals surface area (Å²) in [5.74, 6) is -0.0704. The Morgan fingerprint density at radius 3 is 2.52 bits per heavy atom. The van der Waals surface area contributed by atoms with Crippen LogP contribution in [0.2, 0.25) is 0 Å². The van der Waals surface area contributed by atoms with Crippen molar-refractivity contribution in [2.75, 3.05) is 18.2 Å². The molecule has 0 saturated carbocycles. The van der Waals surface area contributed by atoms with Gasteiger partial charge in [-0.25, -0.2) is 0 Å². The van der Waals surface area contributed by atoms with Crippen molar-refractivity contribution in [3.05, 3.63) is 60.2 Å². The first-order valence-electron chi connectivity index (χ1n) is 6.48. The average molecular weight is 303 g/mol. The summed E-state index contributed by atoms with van der Waals surface area (Å²) in [6, 6.07) is 17.3. The molecule has 0 fully saturated rings. The van der Waals surface area contributed by atoms with E-state index >= 15 is 0 Å². The molecule has 5 heteroatoms. The van der Waals surface area contributed by atoms with Gasteiger partial charge in [0.25, 0.3) is 0 Å². The third kappa shape index (κ3) is 4.43. The van der Waals surface area contributed by atoms with Gasteiger partial charge in [0.1, 0.15) is 5.75 Å². The Morgan fingerprint density at radius 2 is 1.86 bits per heavy atom. The van der Waals surface area contributed by atoms with E-state index in [1.54, 1.807) is 7.11 Å². The summed E-state index contributed by atoms with van der Waals surface area (Å²) in [7, 11) is 1.61. The van der Waals surface area contributed by atoms with E-state index < -0.39 is 5.97 Å². The van der Waals surface area contributed by atoms with Crippen LogP contribution in [0.1, 0.15) is 10.9 Å². The second-order valence-electron chi connectivity index (χ2n) is 4.34. The van der Waals surface area contributed by atoms with Crippen molar-refractivity contribution in [3.8, 4) is 5.75 Å². The van der Waals surface area contributed by atoms with Crippen LogP contribution in [0.3, 0.4) is 0 Å². The zero-order valence-electron chi connectivity index (χ0n) is 11.7. The summed E-state index contributed by atoms with van der Waals surface area (Å²) in [6.45, 7) is 0. The number of carbonyl (C=O) groups is 1. The third-order valence-corrected chi connectivity index (χ3v) is 4.01. The molecule has 0 aliphatic carbocycles. The minimum absolute atomic E-state index is 0.0295. The standard InChI is InChI=1S/C16H17NO3S/c1-20-14-10-6-5-9-13(14)17-16(21-11-15(18)19)12-7-3-2-4-8-12/h2-10,16-17H,11H2,1H3,(H,18,19)/t16-/m1/s1. The van der Waals surface area contributed by atoms with Crippen molar-refractivity contribution >= 4 is 23.4 Å². The number of ether oxygens (including phenoxy) is 1. The monoisotopic (exact) mass is 303 g/mol. The zero-order valence-corrected chi connectivity index (χ0v) is 12.5. The highest BCUT2D eigenvalue weighted by Gasteiger charge is 2.15. The maximum Gasteiger partial charge on any atom is 0.313 e. The number of benzene rings is 2. The van der Waals surface area contributed by atoms with Crippen LogP contribution >= 0.6 is 11.8 Å². The molecule has 0 aliphatic rings. The fourth-order valence-corrected chi connectivity index (χ4v) is 2.78. The van der Waals surface area contributed by atoms with Crippen LogP contribution in [0.4, 0.5) is 5.69 Å². The van der Waals surface area contributed by atoms with Crippen molar-refractivity contribution in [2.45, 2.75) is 5.37 Å². The van der Waals surface area contributed by atoms with Crippen molar-refractivity contribution in [1.29, 1.82) is 0 Å². The van der Waals surface area contributed by atoms with Gasteiger partial charge in [0, 0.05) is 0 Å². The molecule has 0 aromatic heterocycles. The van der Waals surface area contributed by atoms with Gasteiger partial charge in [0.2, 0.25) is 0 Å². The number of thioether (sulfide) groups is 1. The number of para-hydroxylation sites is 2. The second-order valence-corrected chi connectivity index (χ2v) is 5.43. The van der Waals surface area contributed by atoms with E-state index in [4.69, 9.17) is 9.84 Å². The Balaban J connectivity index is 2.21. The molecule has 21 heavy (non-hydrogen) atoms. The highest BCUT2D eigenvalue weighted by atomic mass is 32.2. The highest BCUT2D eigenvalue weighted by Crippen LogP contribution is 2.33. The summed E-state index contributed by atoms with van der Waals surface area (Å²) in [6.07, 6.45) is 0. The van der Waals surface area contributed by atoms with Crippen LogP contribution in [0.15, 0.2) is 54.6 Å². The molecule has 0 aliphatic heterocycles. The number of nitrogens with one attached hydrogen (secondary N) is 1. The molecule has 0 spiro atoms. The van der Waals surface area contributed by atoms with E-state index in [1.807, 2.05) is 54.6 Å². The number of aliphatic carboxylic acids is 1. The number of anilines is 1. The van der Waals surface area contributed by atoms with Crippen LogP contribution in [0.5, 0.6) is 5.75 Å². The molecule has 0 unspecified atom stereocenters. The number of hydrogen-bond donors (Lipinski definition) is 2. The first kappa shape index (κ1) is 15.3. The molecular formula is C16H17NO3S. The molecule has 2 aromatic carbocycles. The van der Waals surface area contributed by atoms with Crippen molar-refractivity contribution < 1.29 is 14.6 Å². The second kappa shape index (κ2) is 7.59. The first-order chi connectivity index (χ1) is 10.2. The number of rotatable bonds is 7. The summed E-state index contributed by atoms with van der Waals surface area (Å²) in [5, 5.41) is 12.1. The molecule has 4 nitrogen and oxygen atoms in total. The fourth-order valence-electron chi connectivity index (χ4n) is 1.91. The van der Waals surface area contributed by atoms with Crippen molar-refractivity contribution in [3.63, 3.8) is 0 Å². The van der Waals surface area contributed by atoms with Crippen molar-refractivity contribution in [2.24, 2.45) is 0 Å². The van der Waals surface area contributed by atoms with Gasteiger partial charge in [-0.3, -0.25) is 4.79 Å². The number of hydrogen-bond acceptors (Lipinski definition) is 4. The van der Waals surface area contributed by atoms with Gasteiger partial charge in [0.15, 0.2) is 0 Å². The van der Waals surface area contributed by atoms with E-state index in [1.165, 1.54) is 11.8 Å². The van der Waals surface area contributed by atoms with Gasteiger partial charge in [-0.1, -0.05) is 42.5 Å². The summed E-state index contributed by atoms with van der Waals surface area (Å²) >= 11 is 1.33. The molecule has 2 aromatic rings. The lowest BCUT2D eigenvalue weighted by Gasteiger charge is -2.20. The van der Waals surface area contributed by atoms with Crippen molar-refractivity contribution in [1.82, 2.24) is 0 Å². The lowest BCUT2D eigenvalue weighted by molar-refractivity contribution is -0.133. The molecule has 2 N–H and O–H groups in total. The maximum absolute atomic E-state index is 10.8. The normalized spacial score (nSPS) is 11.7. The molecular weight excluding hydrogens is 286 g/mol. The van der Waals surface area contributed by atoms with E-state index in [9.17, 15) is 4.79 Å². The molecule has 1 atom stereocenters. The Morgan fingerprint density at radius 1 is 1.19 bits per heavy atom. The molecule has 0 radical (unpaired) electrons. The Bertz CT molecular complexity index is 589. The van der Waals surface area contributed by atoms with E-state index in [2.05, 4.69) is 5.32 Å². The SMILES string of the molecule is COc1ccccc1N[C@H](SCC(=O)O)c1ccccc1. The molecule has 2 rings (SSSR count). The Hall–Kier alpha value is -2.14. The minimum atomic E-state index is -0.831. The van der Waals surface area contributed by atoms with E-state index in [-0.39, 0.29) is 11.1 Å². The minimum Gasteiger partial charge on any atom is -0.495 e. The number of carboxylic acid groups (broad SMARTS) is 1. The largest absolute Gasteiger partial charge is 0.495 e. The zero-order chi connectivity index (χ0) is 15.1. The quantitative estimate of drug-likeness (QED) is 0.765. The molecule has 110 valence electrons. The maximum atomic E-state index is 10.8. The fraction of sp³-hybridized carbons (Fsp3) is 0.188. The average Bonchev–Trinajstić information content (AvgIpc) is 2.52. The molecule has 0 amide bonds. The lowest BCUT2D eigenvalue weighted by atomic mass is 10.2. The summed E-state index contributed by atoms with van der Waals surface area (Å²) < 4.78 is 5.32. The van der Waals surface area contributed by atoms with Crippen LogP contribution in [0.25, 0.3) is 0 Å². The van der Waals surface area contributed by atoms with E-state index in [0.717, 1.165) is 17.0 Å². The van der Waals surface area contributed by atoms with E-state index in [0.29, 0.717) is 0 Å². The smallest absolute Gasteiger partial charge is 0.313 e. The molecule has 0 heterocycles. The van der Waals surface area contributed by atoms with Crippen LogP contribution in [-0.2, 0) is 4.79 Å². The van der Waals surface area contributed by atoms with Crippen LogP contribution < -0.4 is 10.1 Å². The van der Waals surface area contributed by atoms with Crippen LogP contribution in [0, 0.1) is 0 Å². The Kier molecular flexibility index (Phi) is 5.51. The summed E-state index contributed by atoms with van der Waals surface area (Å²) in [5.41, 5.74) is 1.86. The lowest BCUT2D eigenvalue weighted by Crippen LogP contribution is -2.11. The summed E-state index contributed by atoms with van der Waals surface area (Å²) in [4.78, 5) is 10.8. The van der Waals surface area contributed by atoms with Gasteiger partial charge >= 0.3 is 5.97 Å². The van der Waals surface area contributed by atoms with Gasteiger partial charge in [-0.15, -0.1) is 11.8 Å². The topological polar surface area (TPSA) is 58.6 Å². The highest BCUT2D eigenvalue weighted by molar-refractivity contribution is 8.00. The molecule has 0 bridgehead atoms. The molecule has 0 saturated heterocycles. The predicted molar refractivity (Wildman–Crippen MR) is 85.9 cm³/mol. The Labute approximate surface area is 128 Å². The van der Waals surface area contributed by atoms with Crippen LogP contribution in [-0.4, -0.2) is 23.9 Å². The van der Waals surface area contributed by atoms with Gasteiger partial charge in [-0.05, 0) is 17.7 Å². The first-order valence-corrected chi connectivity index (χ1v) is 7.53. The predicted octanol–water partition coefficient (Wildman–Crippen LogP) is 3.62. The third-order valence-electron chi connectivity index (χ3n) is 2.87. The van der Waals surface area contributed by atoms with Gasteiger partial charge in [-0.2, -0.15) is 0 Å². The number of carboxylic acids is 1. The van der Waals surface area contributed by atoms with Gasteiger partial charge in [0.05, 0.1) is 23.9 Å².